The molecule has 1 heterocycles. The molecule has 2 aliphatic rings. The summed E-state index contributed by atoms with van der Waals surface area (Å²) in [5.41, 5.74) is -1.41. The number of β-amino-alcohol motifs (C(OH)–C–C–N with tert-alkyl or cyclic N) is 1. The highest BCUT2D eigenvalue weighted by Crippen LogP contribution is 2.51. The minimum absolute atomic E-state index is 0.0331. The third-order valence-electron chi connectivity index (χ3n) is 5.25. The molecule has 1 aromatic carbocycles. The van der Waals surface area contributed by atoms with Crippen molar-refractivity contribution in [3.05, 3.63) is 35.6 Å². The topological polar surface area (TPSA) is 74.7 Å². The number of amides is 1. The van der Waals surface area contributed by atoms with Crippen molar-refractivity contribution in [1.29, 1.82) is 0 Å². The zero-order chi connectivity index (χ0) is 17.6. The molecule has 7 heteroatoms. The van der Waals surface area contributed by atoms with Gasteiger partial charge >= 0.3 is 0 Å². The summed E-state index contributed by atoms with van der Waals surface area (Å²) in [6, 6.07) is 6.23. The van der Waals surface area contributed by atoms with Crippen LogP contribution in [0.4, 0.5) is 4.39 Å². The SMILES string of the molecule is C[C@]1(N(CCO)C(=O)C2(c3ccccc3F)CC2)CCS(=O)(=O)C1. The largest absolute Gasteiger partial charge is 0.395 e. The van der Waals surface area contributed by atoms with Gasteiger partial charge in [-0.3, -0.25) is 4.79 Å². The van der Waals surface area contributed by atoms with Crippen LogP contribution in [0, 0.1) is 5.82 Å². The van der Waals surface area contributed by atoms with E-state index < -0.39 is 26.6 Å². The molecular formula is C17H22FNO4S. The van der Waals surface area contributed by atoms with Crippen LogP contribution in [0.15, 0.2) is 24.3 Å². The van der Waals surface area contributed by atoms with Gasteiger partial charge in [-0.05, 0) is 32.3 Å². The van der Waals surface area contributed by atoms with Gasteiger partial charge in [0.05, 0.1) is 29.1 Å². The second-order valence-corrected chi connectivity index (χ2v) is 9.27. The number of hydrogen-bond donors (Lipinski definition) is 1. The van der Waals surface area contributed by atoms with Gasteiger partial charge in [-0.25, -0.2) is 12.8 Å². The van der Waals surface area contributed by atoms with Crippen molar-refractivity contribution in [2.24, 2.45) is 0 Å². The van der Waals surface area contributed by atoms with Crippen molar-refractivity contribution in [2.45, 2.75) is 37.1 Å². The van der Waals surface area contributed by atoms with Crippen LogP contribution in [0.2, 0.25) is 0 Å². The van der Waals surface area contributed by atoms with Crippen molar-refractivity contribution in [3.8, 4) is 0 Å². The number of carbonyl (C=O) groups excluding carboxylic acids is 1. The molecular weight excluding hydrogens is 333 g/mol. The van der Waals surface area contributed by atoms with E-state index in [-0.39, 0.29) is 30.6 Å². The molecule has 132 valence electrons. The maximum Gasteiger partial charge on any atom is 0.233 e. The van der Waals surface area contributed by atoms with Gasteiger partial charge in [-0.2, -0.15) is 0 Å². The number of aliphatic hydroxyl groups is 1. The Morgan fingerprint density at radius 2 is 1.96 bits per heavy atom. The Morgan fingerprint density at radius 1 is 1.29 bits per heavy atom. The number of carbonyl (C=O) groups is 1. The van der Waals surface area contributed by atoms with Crippen molar-refractivity contribution >= 4 is 15.7 Å². The first-order valence-electron chi connectivity index (χ1n) is 8.13. The van der Waals surface area contributed by atoms with Crippen molar-refractivity contribution in [1.82, 2.24) is 4.90 Å². The van der Waals surface area contributed by atoms with Gasteiger partial charge in [0.1, 0.15) is 5.82 Å². The average Bonchev–Trinajstić information content (AvgIpc) is 3.26. The second kappa shape index (κ2) is 5.81. The van der Waals surface area contributed by atoms with Crippen LogP contribution < -0.4 is 0 Å². The number of halogens is 1. The summed E-state index contributed by atoms with van der Waals surface area (Å²) in [7, 11) is -3.20. The van der Waals surface area contributed by atoms with Crippen LogP contribution in [0.3, 0.4) is 0 Å². The molecule has 1 aliphatic heterocycles. The minimum atomic E-state index is -3.20. The van der Waals surface area contributed by atoms with E-state index in [0.29, 0.717) is 24.8 Å². The van der Waals surface area contributed by atoms with E-state index in [9.17, 15) is 22.7 Å². The van der Waals surface area contributed by atoms with Crippen LogP contribution in [0.5, 0.6) is 0 Å². The Hall–Kier alpha value is -1.47. The lowest BCUT2D eigenvalue weighted by Gasteiger charge is -2.39. The van der Waals surface area contributed by atoms with Crippen molar-refractivity contribution in [2.75, 3.05) is 24.7 Å². The quantitative estimate of drug-likeness (QED) is 0.863. The van der Waals surface area contributed by atoms with Gasteiger partial charge in [0.15, 0.2) is 9.84 Å². The van der Waals surface area contributed by atoms with Gasteiger partial charge in [0, 0.05) is 12.1 Å². The zero-order valence-electron chi connectivity index (χ0n) is 13.7. The van der Waals surface area contributed by atoms with Crippen LogP contribution in [0.25, 0.3) is 0 Å². The lowest BCUT2D eigenvalue weighted by molar-refractivity contribution is -0.140. The van der Waals surface area contributed by atoms with E-state index in [2.05, 4.69) is 0 Å². The molecule has 0 bridgehead atoms. The maximum atomic E-state index is 14.2. The third kappa shape index (κ3) is 2.84. The molecule has 1 aliphatic carbocycles. The van der Waals surface area contributed by atoms with E-state index in [4.69, 9.17) is 0 Å². The summed E-state index contributed by atoms with van der Waals surface area (Å²) in [4.78, 5) is 14.7. The molecule has 0 unspecified atom stereocenters. The first-order chi connectivity index (χ1) is 11.2. The smallest absolute Gasteiger partial charge is 0.233 e. The Morgan fingerprint density at radius 3 is 2.46 bits per heavy atom. The molecule has 2 fully saturated rings. The molecule has 0 aromatic heterocycles. The highest BCUT2D eigenvalue weighted by molar-refractivity contribution is 7.91. The molecule has 1 atom stereocenters. The molecule has 1 saturated heterocycles. The zero-order valence-corrected chi connectivity index (χ0v) is 14.5. The summed E-state index contributed by atoms with van der Waals surface area (Å²) in [5, 5.41) is 9.38. The van der Waals surface area contributed by atoms with E-state index in [0.717, 1.165) is 0 Å². The molecule has 24 heavy (non-hydrogen) atoms. The molecule has 0 spiro atoms. The molecule has 1 amide bonds. The fourth-order valence-electron chi connectivity index (χ4n) is 3.75. The van der Waals surface area contributed by atoms with E-state index >= 15 is 0 Å². The predicted octanol–water partition coefficient (Wildman–Crippen LogP) is 1.26. The predicted molar refractivity (Wildman–Crippen MR) is 87.8 cm³/mol. The van der Waals surface area contributed by atoms with Gasteiger partial charge < -0.3 is 10.0 Å². The standard InChI is InChI=1S/C17H22FNO4S/c1-16(8-11-24(22,23)12-16)19(9-10-20)15(21)17(6-7-17)13-4-2-3-5-14(13)18/h2-5,20H,6-12H2,1H3/t16-/m0/s1. The molecule has 1 aromatic rings. The second-order valence-electron chi connectivity index (χ2n) is 7.08. The Bertz CT molecular complexity index is 760. The van der Waals surface area contributed by atoms with Crippen LogP contribution >= 0.6 is 0 Å². The summed E-state index contributed by atoms with van der Waals surface area (Å²) >= 11 is 0. The summed E-state index contributed by atoms with van der Waals surface area (Å²) in [6.07, 6.45) is 1.42. The Labute approximate surface area is 141 Å². The number of rotatable bonds is 5. The molecule has 5 nitrogen and oxygen atoms in total. The van der Waals surface area contributed by atoms with E-state index in [1.165, 1.54) is 11.0 Å². The fourth-order valence-corrected chi connectivity index (χ4v) is 5.90. The van der Waals surface area contributed by atoms with Gasteiger partial charge in [0.25, 0.3) is 0 Å². The first-order valence-corrected chi connectivity index (χ1v) is 9.95. The molecule has 1 saturated carbocycles. The van der Waals surface area contributed by atoms with Gasteiger partial charge in [-0.15, -0.1) is 0 Å². The van der Waals surface area contributed by atoms with E-state index in [1.807, 2.05) is 0 Å². The monoisotopic (exact) mass is 355 g/mol. The highest BCUT2D eigenvalue weighted by Gasteiger charge is 2.57. The molecule has 1 N–H and O–H groups in total. The highest BCUT2D eigenvalue weighted by atomic mass is 32.2. The minimum Gasteiger partial charge on any atom is -0.395 e. The average molecular weight is 355 g/mol. The van der Waals surface area contributed by atoms with Gasteiger partial charge in [-0.1, -0.05) is 18.2 Å². The molecule has 0 radical (unpaired) electrons. The first kappa shape index (κ1) is 17.4. The number of hydrogen-bond acceptors (Lipinski definition) is 4. The number of sulfone groups is 1. The van der Waals surface area contributed by atoms with Crippen LogP contribution in [-0.2, 0) is 20.0 Å². The lowest BCUT2D eigenvalue weighted by atomic mass is 9.90. The summed E-state index contributed by atoms with van der Waals surface area (Å²) in [6.45, 7) is 1.54. The lowest BCUT2D eigenvalue weighted by Crippen LogP contribution is -2.55. The number of benzene rings is 1. The molecule has 3 rings (SSSR count). The van der Waals surface area contributed by atoms with Crippen LogP contribution in [0.1, 0.15) is 31.7 Å². The normalized spacial score (nSPS) is 27.0. The van der Waals surface area contributed by atoms with Crippen LogP contribution in [-0.4, -0.2) is 54.5 Å². The Balaban J connectivity index is 1.95. The Kier molecular flexibility index (Phi) is 4.20. The van der Waals surface area contributed by atoms with Gasteiger partial charge in [0.2, 0.25) is 5.91 Å². The summed E-state index contributed by atoms with van der Waals surface area (Å²) in [5.74, 6) is -0.775. The third-order valence-corrected chi connectivity index (χ3v) is 7.14. The van der Waals surface area contributed by atoms with Crippen molar-refractivity contribution in [3.63, 3.8) is 0 Å². The van der Waals surface area contributed by atoms with E-state index in [1.54, 1.807) is 25.1 Å². The summed E-state index contributed by atoms with van der Waals surface area (Å²) < 4.78 is 38.0. The fraction of sp³-hybridized carbons (Fsp3) is 0.588. The van der Waals surface area contributed by atoms with Crippen molar-refractivity contribution < 1.29 is 22.7 Å². The number of aliphatic hydroxyl groups excluding tert-OH is 1. The number of nitrogens with zero attached hydrogens (tertiary/aromatic N) is 1. The maximum absolute atomic E-state index is 14.2.